The summed E-state index contributed by atoms with van der Waals surface area (Å²) in [5, 5.41) is 4.02. The number of allylic oxidation sites excluding steroid dienone is 8. The third-order valence-corrected chi connectivity index (χ3v) is 8.77. The molecule has 0 nitrogen and oxygen atoms in total. The summed E-state index contributed by atoms with van der Waals surface area (Å²) in [4.78, 5) is 1.37. The van der Waals surface area contributed by atoms with Crippen molar-refractivity contribution in [2.75, 3.05) is 0 Å². The van der Waals surface area contributed by atoms with Gasteiger partial charge >= 0.3 is 0 Å². The van der Waals surface area contributed by atoms with Crippen LogP contribution in [0.15, 0.2) is 89.6 Å². The average molecular weight is 503 g/mol. The summed E-state index contributed by atoms with van der Waals surface area (Å²) in [5.74, 6) is 0. The van der Waals surface area contributed by atoms with Gasteiger partial charge in [-0.1, -0.05) is 78.9 Å². The Bertz CT molecular complexity index is 1630. The molecule has 1 heterocycles. The van der Waals surface area contributed by atoms with Gasteiger partial charge in [0.25, 0.3) is 0 Å². The van der Waals surface area contributed by atoms with E-state index in [9.17, 15) is 0 Å². The van der Waals surface area contributed by atoms with E-state index in [0.717, 1.165) is 0 Å². The maximum atomic E-state index is 2.38. The second kappa shape index (κ2) is 11.3. The molecule has 0 amide bonds. The van der Waals surface area contributed by atoms with Crippen molar-refractivity contribution in [1.29, 1.82) is 0 Å². The van der Waals surface area contributed by atoms with E-state index < -0.39 is 0 Å². The van der Waals surface area contributed by atoms with Crippen LogP contribution in [0, 0.1) is 20.8 Å². The number of thiophene rings is 1. The molecule has 0 N–H and O–H groups in total. The number of hydrogen-bond donors (Lipinski definition) is 0. The Kier molecular flexibility index (Phi) is 8.15. The van der Waals surface area contributed by atoms with Crippen molar-refractivity contribution in [3.8, 4) is 0 Å². The second-order valence-electron chi connectivity index (χ2n) is 9.78. The Morgan fingerprint density at radius 3 is 1.84 bits per heavy atom. The quantitative estimate of drug-likeness (QED) is 0.230. The molecule has 1 heteroatoms. The lowest BCUT2D eigenvalue weighted by Crippen LogP contribution is -1.96. The van der Waals surface area contributed by atoms with E-state index in [2.05, 4.69) is 140 Å². The monoisotopic (exact) mass is 502 g/mol. The van der Waals surface area contributed by atoms with Crippen LogP contribution in [0.3, 0.4) is 0 Å². The molecular weight excluding hydrogens is 464 g/mol. The average Bonchev–Trinajstić information content (AvgIpc) is 3.24. The van der Waals surface area contributed by atoms with E-state index in [4.69, 9.17) is 0 Å². The molecule has 0 bridgehead atoms. The van der Waals surface area contributed by atoms with E-state index in [1.54, 1.807) is 0 Å². The molecule has 188 valence electrons. The standard InChI is InChI=1S/C36H38S/c1-9-16-30-25(6)31-17-12-13-18-32(31)26(7)34(30)22-23(4)28(10-2)21-24(5)29(11-3)36-27(8)33-19-14-15-20-35(33)37-36/h9-22H,1-8H3/b16-9-,23-22+,24-21+,28-10+,29-11-. The van der Waals surface area contributed by atoms with E-state index in [1.807, 2.05) is 11.3 Å². The van der Waals surface area contributed by atoms with Gasteiger partial charge in [-0.2, -0.15) is 0 Å². The lowest BCUT2D eigenvalue weighted by atomic mass is 9.88. The van der Waals surface area contributed by atoms with Gasteiger partial charge in [0.05, 0.1) is 0 Å². The predicted octanol–water partition coefficient (Wildman–Crippen LogP) is 11.4. The van der Waals surface area contributed by atoms with Gasteiger partial charge in [-0.3, -0.25) is 0 Å². The molecule has 0 aliphatic heterocycles. The molecule has 4 aromatic rings. The summed E-state index contributed by atoms with van der Waals surface area (Å²) in [5.41, 5.74) is 11.8. The largest absolute Gasteiger partial charge is 0.135 e. The molecule has 0 unspecified atom stereocenters. The lowest BCUT2D eigenvalue weighted by Gasteiger charge is -2.16. The molecule has 37 heavy (non-hydrogen) atoms. The Morgan fingerprint density at radius 1 is 0.676 bits per heavy atom. The maximum Gasteiger partial charge on any atom is 0.0383 e. The highest BCUT2D eigenvalue weighted by Gasteiger charge is 2.15. The van der Waals surface area contributed by atoms with Gasteiger partial charge in [0.2, 0.25) is 0 Å². The minimum Gasteiger partial charge on any atom is -0.135 e. The van der Waals surface area contributed by atoms with Crippen molar-refractivity contribution in [3.63, 3.8) is 0 Å². The first-order valence-electron chi connectivity index (χ1n) is 13.1. The minimum absolute atomic E-state index is 1.26. The molecule has 0 aliphatic carbocycles. The van der Waals surface area contributed by atoms with Crippen molar-refractivity contribution in [1.82, 2.24) is 0 Å². The van der Waals surface area contributed by atoms with Crippen LogP contribution >= 0.6 is 11.3 Å². The smallest absolute Gasteiger partial charge is 0.0383 e. The molecule has 0 saturated heterocycles. The Balaban J connectivity index is 1.80. The van der Waals surface area contributed by atoms with Crippen molar-refractivity contribution in [3.05, 3.63) is 122 Å². The van der Waals surface area contributed by atoms with Crippen LogP contribution in [0.5, 0.6) is 0 Å². The van der Waals surface area contributed by atoms with Gasteiger partial charge in [0, 0.05) is 9.58 Å². The van der Waals surface area contributed by atoms with Gasteiger partial charge in [0.15, 0.2) is 0 Å². The zero-order chi connectivity index (χ0) is 26.7. The van der Waals surface area contributed by atoms with Crippen LogP contribution in [0.25, 0.3) is 38.6 Å². The van der Waals surface area contributed by atoms with Crippen molar-refractivity contribution >= 4 is 49.9 Å². The number of benzene rings is 3. The fourth-order valence-electron chi connectivity index (χ4n) is 5.40. The highest BCUT2D eigenvalue weighted by atomic mass is 32.1. The van der Waals surface area contributed by atoms with Crippen LogP contribution in [0.1, 0.15) is 67.3 Å². The fourth-order valence-corrected chi connectivity index (χ4v) is 6.75. The van der Waals surface area contributed by atoms with E-state index in [0.29, 0.717) is 0 Å². The van der Waals surface area contributed by atoms with Gasteiger partial charge < -0.3 is 0 Å². The SMILES string of the molecule is C/C=C\c1c(/C=C(C)/C(/C=C(C)/C(=C/C)c2sc3ccccc3c2C)=C/C)c(C)c2ccccc2c1C. The second-order valence-corrected chi connectivity index (χ2v) is 10.8. The van der Waals surface area contributed by atoms with E-state index >= 15 is 0 Å². The highest BCUT2D eigenvalue weighted by molar-refractivity contribution is 7.20. The summed E-state index contributed by atoms with van der Waals surface area (Å²) in [7, 11) is 0. The van der Waals surface area contributed by atoms with Crippen LogP contribution in [-0.4, -0.2) is 0 Å². The van der Waals surface area contributed by atoms with Gasteiger partial charge in [-0.05, 0) is 128 Å². The first-order valence-corrected chi connectivity index (χ1v) is 14.0. The zero-order valence-electron chi connectivity index (χ0n) is 23.5. The van der Waals surface area contributed by atoms with Gasteiger partial charge in [-0.25, -0.2) is 0 Å². The number of rotatable bonds is 6. The third-order valence-electron chi connectivity index (χ3n) is 7.47. The van der Waals surface area contributed by atoms with Crippen molar-refractivity contribution < 1.29 is 0 Å². The Labute approximate surface area is 227 Å². The van der Waals surface area contributed by atoms with Gasteiger partial charge in [-0.15, -0.1) is 11.3 Å². The fraction of sp³-hybridized carbons (Fsp3) is 0.222. The lowest BCUT2D eigenvalue weighted by molar-refractivity contribution is 1.36. The summed E-state index contributed by atoms with van der Waals surface area (Å²) < 4.78 is 1.35. The van der Waals surface area contributed by atoms with Crippen LogP contribution in [0.2, 0.25) is 0 Å². The molecule has 4 rings (SSSR count). The molecular formula is C36H38S. The number of hydrogen-bond acceptors (Lipinski definition) is 1. The summed E-state index contributed by atoms with van der Waals surface area (Å²) in [6.07, 6.45) is 13.6. The zero-order valence-corrected chi connectivity index (χ0v) is 24.3. The predicted molar refractivity (Wildman–Crippen MR) is 170 cm³/mol. The Hall–Kier alpha value is -3.42. The summed E-state index contributed by atoms with van der Waals surface area (Å²) in [6.45, 7) is 17.6. The molecule has 0 radical (unpaired) electrons. The highest BCUT2D eigenvalue weighted by Crippen LogP contribution is 2.39. The van der Waals surface area contributed by atoms with Crippen molar-refractivity contribution in [2.24, 2.45) is 0 Å². The van der Waals surface area contributed by atoms with Crippen LogP contribution < -0.4 is 0 Å². The normalized spacial score (nSPS) is 13.9. The topological polar surface area (TPSA) is 0 Å². The molecule has 0 aliphatic rings. The minimum atomic E-state index is 1.26. The number of fused-ring (bicyclic) bond motifs is 2. The molecule has 3 aromatic carbocycles. The Morgan fingerprint density at radius 2 is 1.27 bits per heavy atom. The molecule has 0 atom stereocenters. The van der Waals surface area contributed by atoms with Gasteiger partial charge in [0.1, 0.15) is 0 Å². The van der Waals surface area contributed by atoms with Crippen LogP contribution in [-0.2, 0) is 0 Å². The van der Waals surface area contributed by atoms with Crippen molar-refractivity contribution in [2.45, 2.75) is 55.4 Å². The molecule has 0 spiro atoms. The summed E-state index contributed by atoms with van der Waals surface area (Å²) in [6, 6.07) is 17.5. The number of aryl methyl sites for hydroxylation is 3. The molecule has 0 saturated carbocycles. The van der Waals surface area contributed by atoms with E-state index in [-0.39, 0.29) is 0 Å². The third kappa shape index (κ3) is 5.06. The first kappa shape index (κ1) is 26.6. The first-order chi connectivity index (χ1) is 17.8. The van der Waals surface area contributed by atoms with E-state index in [1.165, 1.54) is 75.8 Å². The van der Waals surface area contributed by atoms with Crippen LogP contribution in [0.4, 0.5) is 0 Å². The molecule has 0 fully saturated rings. The molecule has 1 aromatic heterocycles. The summed E-state index contributed by atoms with van der Waals surface area (Å²) >= 11 is 1.89. The maximum absolute atomic E-state index is 2.38.